The van der Waals surface area contributed by atoms with Crippen LogP contribution in [0.3, 0.4) is 0 Å². The van der Waals surface area contributed by atoms with E-state index in [1.807, 2.05) is 25.7 Å². The standard InChI is InChI=1S/C16H31N3O/c1-16(2,3)14(17)15(20)19-10-6-13(7-11-19)12-18-8-4-5-9-18/h13-14H,4-12,17H2,1-3H3. The Bertz CT molecular complexity index is 323. The Hall–Kier alpha value is -0.610. The van der Waals surface area contributed by atoms with Crippen molar-refractivity contribution < 1.29 is 4.79 Å². The lowest BCUT2D eigenvalue weighted by Gasteiger charge is -2.37. The quantitative estimate of drug-likeness (QED) is 0.856. The highest BCUT2D eigenvalue weighted by Crippen LogP contribution is 2.24. The number of nitrogens with zero attached hydrogens (tertiary/aromatic N) is 2. The molecule has 2 heterocycles. The molecule has 2 fully saturated rings. The second-order valence-electron chi connectivity index (χ2n) is 7.62. The molecular formula is C16H31N3O. The van der Waals surface area contributed by atoms with E-state index in [0.717, 1.165) is 31.8 Å². The van der Waals surface area contributed by atoms with Crippen LogP contribution in [0.25, 0.3) is 0 Å². The van der Waals surface area contributed by atoms with Crippen LogP contribution in [0.1, 0.15) is 46.5 Å². The Morgan fingerprint density at radius 2 is 1.70 bits per heavy atom. The SMILES string of the molecule is CC(C)(C)C(N)C(=O)N1CCC(CN2CCCC2)CC1. The van der Waals surface area contributed by atoms with Crippen molar-refractivity contribution in [1.82, 2.24) is 9.80 Å². The Labute approximate surface area is 123 Å². The lowest BCUT2D eigenvalue weighted by molar-refractivity contribution is -0.136. The second kappa shape index (κ2) is 6.44. The van der Waals surface area contributed by atoms with E-state index in [2.05, 4.69) is 4.90 Å². The van der Waals surface area contributed by atoms with E-state index >= 15 is 0 Å². The van der Waals surface area contributed by atoms with Gasteiger partial charge in [0.2, 0.25) is 5.91 Å². The second-order valence-corrected chi connectivity index (χ2v) is 7.62. The number of rotatable bonds is 3. The van der Waals surface area contributed by atoms with E-state index < -0.39 is 0 Å². The molecule has 0 aromatic rings. The third-order valence-corrected chi connectivity index (χ3v) is 4.84. The third-order valence-electron chi connectivity index (χ3n) is 4.84. The first-order chi connectivity index (χ1) is 9.38. The number of hydrogen-bond acceptors (Lipinski definition) is 3. The minimum atomic E-state index is -0.377. The van der Waals surface area contributed by atoms with Gasteiger partial charge in [-0.1, -0.05) is 20.8 Å². The lowest BCUT2D eigenvalue weighted by Crippen LogP contribution is -2.52. The normalized spacial score (nSPS) is 24.1. The van der Waals surface area contributed by atoms with Gasteiger partial charge in [-0.15, -0.1) is 0 Å². The van der Waals surface area contributed by atoms with Crippen LogP contribution in [-0.2, 0) is 4.79 Å². The fourth-order valence-corrected chi connectivity index (χ4v) is 3.23. The summed E-state index contributed by atoms with van der Waals surface area (Å²) < 4.78 is 0. The molecule has 20 heavy (non-hydrogen) atoms. The maximum absolute atomic E-state index is 12.4. The summed E-state index contributed by atoms with van der Waals surface area (Å²) in [5, 5.41) is 0. The van der Waals surface area contributed by atoms with E-state index in [0.29, 0.717) is 0 Å². The van der Waals surface area contributed by atoms with Crippen LogP contribution in [0.2, 0.25) is 0 Å². The Kier molecular flexibility index (Phi) is 5.08. The fourth-order valence-electron chi connectivity index (χ4n) is 3.23. The summed E-state index contributed by atoms with van der Waals surface area (Å²) in [5.41, 5.74) is 5.94. The van der Waals surface area contributed by atoms with Crippen molar-refractivity contribution in [1.29, 1.82) is 0 Å². The maximum Gasteiger partial charge on any atom is 0.240 e. The molecule has 0 bridgehead atoms. The predicted octanol–water partition coefficient (Wildman–Crippen LogP) is 1.69. The van der Waals surface area contributed by atoms with Gasteiger partial charge in [0.15, 0.2) is 0 Å². The summed E-state index contributed by atoms with van der Waals surface area (Å²) >= 11 is 0. The molecule has 2 saturated heterocycles. The van der Waals surface area contributed by atoms with Crippen molar-refractivity contribution in [3.63, 3.8) is 0 Å². The molecule has 4 heteroatoms. The first-order valence-electron chi connectivity index (χ1n) is 8.14. The number of piperidine rings is 1. The number of hydrogen-bond donors (Lipinski definition) is 1. The van der Waals surface area contributed by atoms with Gasteiger partial charge in [-0.2, -0.15) is 0 Å². The van der Waals surface area contributed by atoms with E-state index in [1.165, 1.54) is 32.5 Å². The molecule has 2 aliphatic heterocycles. The Morgan fingerprint density at radius 1 is 1.15 bits per heavy atom. The van der Waals surface area contributed by atoms with Crippen LogP contribution >= 0.6 is 0 Å². The molecule has 0 aromatic carbocycles. The average Bonchev–Trinajstić information content (AvgIpc) is 2.90. The smallest absolute Gasteiger partial charge is 0.240 e. The molecule has 116 valence electrons. The molecule has 0 aromatic heterocycles. The van der Waals surface area contributed by atoms with Crippen LogP contribution in [-0.4, -0.2) is 54.5 Å². The molecule has 0 saturated carbocycles. The zero-order valence-corrected chi connectivity index (χ0v) is 13.4. The molecule has 2 rings (SSSR count). The molecule has 1 amide bonds. The third kappa shape index (κ3) is 3.95. The summed E-state index contributed by atoms with van der Waals surface area (Å²) in [6.45, 7) is 11.7. The zero-order chi connectivity index (χ0) is 14.8. The molecule has 4 nitrogen and oxygen atoms in total. The van der Waals surface area contributed by atoms with Gasteiger partial charge in [0.05, 0.1) is 6.04 Å². The average molecular weight is 281 g/mol. The van der Waals surface area contributed by atoms with Crippen molar-refractivity contribution >= 4 is 5.91 Å². The summed E-state index contributed by atoms with van der Waals surface area (Å²) in [7, 11) is 0. The highest BCUT2D eigenvalue weighted by molar-refractivity contribution is 5.82. The molecule has 0 aliphatic carbocycles. The topological polar surface area (TPSA) is 49.6 Å². The van der Waals surface area contributed by atoms with Gasteiger partial charge >= 0.3 is 0 Å². The molecule has 2 N–H and O–H groups in total. The monoisotopic (exact) mass is 281 g/mol. The van der Waals surface area contributed by atoms with Crippen LogP contribution in [0.5, 0.6) is 0 Å². The van der Waals surface area contributed by atoms with Crippen molar-refractivity contribution in [2.24, 2.45) is 17.1 Å². The highest BCUT2D eigenvalue weighted by atomic mass is 16.2. The number of carbonyl (C=O) groups is 1. The summed E-state index contributed by atoms with van der Waals surface area (Å²) in [5.74, 6) is 0.903. The van der Waals surface area contributed by atoms with Crippen LogP contribution in [0.4, 0.5) is 0 Å². The van der Waals surface area contributed by atoms with Crippen LogP contribution < -0.4 is 5.73 Å². The van der Waals surface area contributed by atoms with Crippen LogP contribution in [0, 0.1) is 11.3 Å². The van der Waals surface area contributed by atoms with Crippen molar-refractivity contribution in [3.05, 3.63) is 0 Å². The Balaban J connectivity index is 1.77. The molecule has 1 atom stereocenters. The summed E-state index contributed by atoms with van der Waals surface area (Å²) in [6.07, 6.45) is 4.99. The van der Waals surface area contributed by atoms with Crippen molar-refractivity contribution in [2.45, 2.75) is 52.5 Å². The molecule has 0 radical (unpaired) electrons. The largest absolute Gasteiger partial charge is 0.341 e. The first-order valence-corrected chi connectivity index (χ1v) is 8.14. The minimum Gasteiger partial charge on any atom is -0.341 e. The molecule has 2 aliphatic rings. The fraction of sp³-hybridized carbons (Fsp3) is 0.938. The first kappa shape index (κ1) is 15.8. The number of likely N-dealkylation sites (tertiary alicyclic amines) is 2. The van der Waals surface area contributed by atoms with Gasteiger partial charge in [0.1, 0.15) is 0 Å². The molecular weight excluding hydrogens is 250 g/mol. The molecule has 0 spiro atoms. The van der Waals surface area contributed by atoms with Crippen LogP contribution in [0.15, 0.2) is 0 Å². The van der Waals surface area contributed by atoms with E-state index in [4.69, 9.17) is 5.73 Å². The van der Waals surface area contributed by atoms with Gasteiger partial charge in [-0.25, -0.2) is 0 Å². The lowest BCUT2D eigenvalue weighted by atomic mass is 9.86. The number of nitrogens with two attached hydrogens (primary N) is 1. The summed E-state index contributed by atoms with van der Waals surface area (Å²) in [6, 6.07) is -0.377. The zero-order valence-electron chi connectivity index (χ0n) is 13.4. The van der Waals surface area contributed by atoms with Crippen molar-refractivity contribution in [2.75, 3.05) is 32.7 Å². The van der Waals surface area contributed by atoms with Gasteiger partial charge in [0.25, 0.3) is 0 Å². The van der Waals surface area contributed by atoms with Gasteiger partial charge in [0, 0.05) is 19.6 Å². The van der Waals surface area contributed by atoms with Gasteiger partial charge in [-0.05, 0) is 50.1 Å². The van der Waals surface area contributed by atoms with Crippen molar-refractivity contribution in [3.8, 4) is 0 Å². The summed E-state index contributed by atoms with van der Waals surface area (Å²) in [4.78, 5) is 17.0. The highest BCUT2D eigenvalue weighted by Gasteiger charge is 2.33. The maximum atomic E-state index is 12.4. The Morgan fingerprint density at radius 3 is 2.20 bits per heavy atom. The van der Waals surface area contributed by atoms with Gasteiger partial charge in [-0.3, -0.25) is 4.79 Å². The predicted molar refractivity (Wildman–Crippen MR) is 82.4 cm³/mol. The number of amides is 1. The van der Waals surface area contributed by atoms with E-state index in [9.17, 15) is 4.79 Å². The molecule has 1 unspecified atom stereocenters. The van der Waals surface area contributed by atoms with E-state index in [-0.39, 0.29) is 17.4 Å². The minimum absolute atomic E-state index is 0.136. The van der Waals surface area contributed by atoms with E-state index in [1.54, 1.807) is 0 Å². The number of carbonyl (C=O) groups excluding carboxylic acids is 1. The van der Waals surface area contributed by atoms with Gasteiger partial charge < -0.3 is 15.5 Å².